The van der Waals surface area contributed by atoms with E-state index < -0.39 is 11.7 Å². The Hall–Kier alpha value is -1.07. The quantitative estimate of drug-likeness (QED) is 0.913. The van der Waals surface area contributed by atoms with Crippen LogP contribution in [-0.4, -0.2) is 25.8 Å². The fourth-order valence-corrected chi connectivity index (χ4v) is 2.69. The van der Waals surface area contributed by atoms with Crippen LogP contribution in [0.3, 0.4) is 0 Å². The van der Waals surface area contributed by atoms with Crippen molar-refractivity contribution in [2.45, 2.75) is 31.0 Å². The Labute approximate surface area is 111 Å². The molecule has 0 spiro atoms. The third-order valence-electron chi connectivity index (χ3n) is 3.62. The van der Waals surface area contributed by atoms with Gasteiger partial charge in [-0.25, -0.2) is 0 Å². The molecular weight excluding hydrogens is 255 g/mol. The van der Waals surface area contributed by atoms with Gasteiger partial charge < -0.3 is 10.1 Å². The van der Waals surface area contributed by atoms with Crippen molar-refractivity contribution < 1.29 is 17.9 Å². The summed E-state index contributed by atoms with van der Waals surface area (Å²) in [4.78, 5) is 0. The lowest BCUT2D eigenvalue weighted by Gasteiger charge is -2.23. The van der Waals surface area contributed by atoms with Gasteiger partial charge in [0.1, 0.15) is 0 Å². The molecule has 0 saturated carbocycles. The van der Waals surface area contributed by atoms with Crippen LogP contribution in [0.15, 0.2) is 24.3 Å². The van der Waals surface area contributed by atoms with E-state index in [0.717, 1.165) is 18.1 Å². The van der Waals surface area contributed by atoms with E-state index in [1.165, 1.54) is 12.1 Å². The number of hydrogen-bond donors (Lipinski definition) is 1. The zero-order chi connectivity index (χ0) is 14.1. The Morgan fingerprint density at radius 2 is 2.16 bits per heavy atom. The number of rotatable bonds is 3. The minimum atomic E-state index is -4.28. The van der Waals surface area contributed by atoms with Gasteiger partial charge in [0.25, 0.3) is 0 Å². The lowest BCUT2D eigenvalue weighted by molar-refractivity contribution is -0.137. The van der Waals surface area contributed by atoms with Gasteiger partial charge in [-0.2, -0.15) is 13.2 Å². The second-order valence-electron chi connectivity index (χ2n) is 5.40. The molecule has 2 rings (SSSR count). The number of halogens is 3. The molecule has 1 aromatic rings. The molecule has 19 heavy (non-hydrogen) atoms. The van der Waals surface area contributed by atoms with E-state index >= 15 is 0 Å². The largest absolute Gasteiger partial charge is 0.416 e. The van der Waals surface area contributed by atoms with Gasteiger partial charge in [-0.15, -0.1) is 0 Å². The summed E-state index contributed by atoms with van der Waals surface area (Å²) in [5.74, 6) is 0.0995. The van der Waals surface area contributed by atoms with Gasteiger partial charge >= 0.3 is 6.18 Å². The lowest BCUT2D eigenvalue weighted by Crippen LogP contribution is -2.40. The Balaban J connectivity index is 2.16. The molecule has 0 aliphatic carbocycles. The van der Waals surface area contributed by atoms with Crippen molar-refractivity contribution in [3.05, 3.63) is 35.4 Å². The second-order valence-corrected chi connectivity index (χ2v) is 5.40. The van der Waals surface area contributed by atoms with Gasteiger partial charge in [0.2, 0.25) is 0 Å². The smallest absolute Gasteiger partial charge is 0.383 e. The number of benzene rings is 1. The summed E-state index contributed by atoms with van der Waals surface area (Å²) in [6.45, 7) is 3.27. The molecule has 2 atom stereocenters. The highest BCUT2D eigenvalue weighted by Gasteiger charge is 2.36. The topological polar surface area (TPSA) is 21.3 Å². The van der Waals surface area contributed by atoms with Gasteiger partial charge in [0.05, 0.1) is 12.2 Å². The average molecular weight is 273 g/mol. The van der Waals surface area contributed by atoms with Crippen LogP contribution in [-0.2, 0) is 10.9 Å². The zero-order valence-electron chi connectivity index (χ0n) is 11.1. The lowest BCUT2D eigenvalue weighted by atomic mass is 9.90. The van der Waals surface area contributed by atoms with Crippen molar-refractivity contribution in [1.29, 1.82) is 0 Å². The van der Waals surface area contributed by atoms with Crippen LogP contribution >= 0.6 is 0 Å². The molecule has 1 aliphatic heterocycles. The first kappa shape index (κ1) is 14.3. The molecule has 1 aromatic carbocycles. The molecule has 106 valence electrons. The predicted molar refractivity (Wildman–Crippen MR) is 67.1 cm³/mol. The van der Waals surface area contributed by atoms with E-state index in [0.29, 0.717) is 13.2 Å². The molecule has 0 amide bonds. The molecule has 0 radical (unpaired) electrons. The molecule has 2 unspecified atom stereocenters. The summed E-state index contributed by atoms with van der Waals surface area (Å²) in [5, 5.41) is 3.33. The number of ether oxygens (including phenoxy) is 1. The third kappa shape index (κ3) is 3.28. The fraction of sp³-hybridized carbons (Fsp3) is 0.571. The Morgan fingerprint density at radius 1 is 1.42 bits per heavy atom. The van der Waals surface area contributed by atoms with Gasteiger partial charge in [-0.3, -0.25) is 0 Å². The third-order valence-corrected chi connectivity index (χ3v) is 3.62. The molecular formula is C14H18F3NO. The van der Waals surface area contributed by atoms with Crippen molar-refractivity contribution in [3.8, 4) is 0 Å². The summed E-state index contributed by atoms with van der Waals surface area (Å²) in [6, 6.07) is 5.61. The van der Waals surface area contributed by atoms with Crippen molar-refractivity contribution in [3.63, 3.8) is 0 Å². The molecule has 1 heterocycles. The van der Waals surface area contributed by atoms with Gasteiger partial charge in [0, 0.05) is 19.2 Å². The fourth-order valence-electron chi connectivity index (χ4n) is 2.69. The van der Waals surface area contributed by atoms with Crippen LogP contribution in [0.1, 0.15) is 30.4 Å². The van der Waals surface area contributed by atoms with E-state index in [1.54, 1.807) is 13.2 Å². The standard InChI is InChI=1S/C14H18F3NO/c1-13(9-19-2)7-11(8-18-13)10-4-3-5-12(6-10)14(15,16)17/h3-6,11,18H,7-9H2,1-2H3. The van der Waals surface area contributed by atoms with Gasteiger partial charge in [-0.05, 0) is 30.9 Å². The number of hydrogen-bond acceptors (Lipinski definition) is 2. The molecule has 1 aliphatic rings. The number of alkyl halides is 3. The monoisotopic (exact) mass is 273 g/mol. The summed E-state index contributed by atoms with van der Waals surface area (Å²) in [7, 11) is 1.63. The zero-order valence-corrected chi connectivity index (χ0v) is 11.1. The van der Waals surface area contributed by atoms with Crippen LogP contribution in [0.4, 0.5) is 13.2 Å². The van der Waals surface area contributed by atoms with E-state index in [2.05, 4.69) is 5.32 Å². The molecule has 1 N–H and O–H groups in total. The number of methoxy groups -OCH3 is 1. The highest BCUT2D eigenvalue weighted by molar-refractivity contribution is 5.30. The van der Waals surface area contributed by atoms with E-state index in [1.807, 2.05) is 6.92 Å². The first-order chi connectivity index (χ1) is 8.84. The summed E-state index contributed by atoms with van der Waals surface area (Å²) < 4.78 is 43.2. The van der Waals surface area contributed by atoms with Crippen molar-refractivity contribution in [2.75, 3.05) is 20.3 Å². The van der Waals surface area contributed by atoms with E-state index in [-0.39, 0.29) is 11.5 Å². The maximum atomic E-state index is 12.7. The van der Waals surface area contributed by atoms with Crippen LogP contribution in [0.25, 0.3) is 0 Å². The van der Waals surface area contributed by atoms with Gasteiger partial charge in [-0.1, -0.05) is 18.2 Å². The molecule has 5 heteroatoms. The Morgan fingerprint density at radius 3 is 2.79 bits per heavy atom. The minimum Gasteiger partial charge on any atom is -0.383 e. The first-order valence-corrected chi connectivity index (χ1v) is 6.25. The normalized spacial score (nSPS) is 27.7. The molecule has 0 bridgehead atoms. The Kier molecular flexibility index (Phi) is 3.87. The predicted octanol–water partition coefficient (Wildman–Crippen LogP) is 3.19. The van der Waals surface area contributed by atoms with E-state index in [9.17, 15) is 13.2 Å². The van der Waals surface area contributed by atoms with E-state index in [4.69, 9.17) is 4.74 Å². The Bertz CT molecular complexity index is 447. The highest BCUT2D eigenvalue weighted by atomic mass is 19.4. The molecule has 0 aromatic heterocycles. The minimum absolute atomic E-state index is 0.0995. The number of nitrogens with one attached hydrogen (secondary N) is 1. The first-order valence-electron chi connectivity index (χ1n) is 6.25. The molecule has 1 saturated heterocycles. The van der Waals surface area contributed by atoms with Crippen molar-refractivity contribution in [1.82, 2.24) is 5.32 Å². The van der Waals surface area contributed by atoms with Crippen LogP contribution < -0.4 is 5.32 Å². The highest BCUT2D eigenvalue weighted by Crippen LogP contribution is 2.35. The SMILES string of the molecule is COCC1(C)CC(c2cccc(C(F)(F)F)c2)CN1. The maximum absolute atomic E-state index is 12.7. The molecule has 1 fully saturated rings. The van der Waals surface area contributed by atoms with Gasteiger partial charge in [0.15, 0.2) is 0 Å². The summed E-state index contributed by atoms with van der Waals surface area (Å²) in [5.41, 5.74) is 0.000647. The van der Waals surface area contributed by atoms with Crippen LogP contribution in [0.2, 0.25) is 0 Å². The van der Waals surface area contributed by atoms with Crippen molar-refractivity contribution in [2.24, 2.45) is 0 Å². The van der Waals surface area contributed by atoms with Crippen LogP contribution in [0.5, 0.6) is 0 Å². The van der Waals surface area contributed by atoms with Crippen molar-refractivity contribution >= 4 is 0 Å². The average Bonchev–Trinajstić information content (AvgIpc) is 2.71. The summed E-state index contributed by atoms with van der Waals surface area (Å²) >= 11 is 0. The summed E-state index contributed by atoms with van der Waals surface area (Å²) in [6.07, 6.45) is -3.50. The maximum Gasteiger partial charge on any atom is 0.416 e. The van der Waals surface area contributed by atoms with Crippen LogP contribution in [0, 0.1) is 0 Å². The molecule has 2 nitrogen and oxygen atoms in total. The second kappa shape index (κ2) is 5.13.